The van der Waals surface area contributed by atoms with Gasteiger partial charge in [0.05, 0.1) is 0 Å². The van der Waals surface area contributed by atoms with E-state index in [4.69, 9.17) is 0 Å². The summed E-state index contributed by atoms with van der Waals surface area (Å²) in [6, 6.07) is 0. The van der Waals surface area contributed by atoms with E-state index in [-0.39, 0.29) is 0 Å². The highest BCUT2D eigenvalue weighted by Crippen LogP contribution is 2.00. The van der Waals surface area contributed by atoms with Crippen molar-refractivity contribution >= 4 is 6.29 Å². The van der Waals surface area contributed by atoms with Gasteiger partial charge in [0.15, 0.2) is 12.1 Å². The van der Waals surface area contributed by atoms with E-state index in [1.54, 1.807) is 6.20 Å². The van der Waals surface area contributed by atoms with Crippen molar-refractivity contribution in [2.45, 2.75) is 26.2 Å². The first-order chi connectivity index (χ1) is 5.36. The van der Waals surface area contributed by atoms with Gasteiger partial charge in [-0.25, -0.2) is 4.98 Å². The maximum absolute atomic E-state index is 10.2. The molecule has 1 aromatic rings. The molecule has 0 aliphatic heterocycles. The minimum absolute atomic E-state index is 0.427. The first-order valence-corrected chi connectivity index (χ1v) is 3.86. The summed E-state index contributed by atoms with van der Waals surface area (Å²) in [5.41, 5.74) is 1.05. The number of hydrogen-bond donors (Lipinski definition) is 1. The number of carbonyl (C=O) groups excluding carboxylic acids is 1. The van der Waals surface area contributed by atoms with Crippen molar-refractivity contribution in [2.75, 3.05) is 0 Å². The molecule has 1 N–H and O–H groups in total. The summed E-state index contributed by atoms with van der Waals surface area (Å²) in [5, 5.41) is 0. The number of hydrogen-bond acceptors (Lipinski definition) is 2. The second kappa shape index (κ2) is 3.91. The number of aldehydes is 1. The van der Waals surface area contributed by atoms with Gasteiger partial charge in [-0.2, -0.15) is 0 Å². The van der Waals surface area contributed by atoms with E-state index in [1.807, 2.05) is 0 Å². The van der Waals surface area contributed by atoms with Crippen molar-refractivity contribution < 1.29 is 4.79 Å². The lowest BCUT2D eigenvalue weighted by Crippen LogP contribution is -1.85. The lowest BCUT2D eigenvalue weighted by Gasteiger charge is -1.91. The monoisotopic (exact) mass is 152 g/mol. The van der Waals surface area contributed by atoms with E-state index in [0.29, 0.717) is 5.82 Å². The number of unbranched alkanes of at least 4 members (excludes halogenated alkanes) is 1. The molecule has 1 heterocycles. The molecule has 0 radical (unpaired) electrons. The maximum Gasteiger partial charge on any atom is 0.185 e. The Bertz CT molecular complexity index is 230. The average molecular weight is 152 g/mol. The van der Waals surface area contributed by atoms with Crippen molar-refractivity contribution in [2.24, 2.45) is 0 Å². The minimum atomic E-state index is 0.427. The number of aromatic nitrogens is 2. The second-order valence-corrected chi connectivity index (χ2v) is 2.52. The van der Waals surface area contributed by atoms with E-state index >= 15 is 0 Å². The lowest BCUT2D eigenvalue weighted by atomic mass is 10.2. The van der Waals surface area contributed by atoms with Crippen molar-refractivity contribution in [1.82, 2.24) is 9.97 Å². The Morgan fingerprint density at radius 2 is 2.55 bits per heavy atom. The Hall–Kier alpha value is -1.12. The Kier molecular flexibility index (Phi) is 2.83. The highest BCUT2D eigenvalue weighted by molar-refractivity contribution is 5.68. The maximum atomic E-state index is 10.2. The molecule has 0 aliphatic rings. The zero-order chi connectivity index (χ0) is 8.10. The minimum Gasteiger partial charge on any atom is -0.340 e. The molecule has 3 heteroatoms. The number of carbonyl (C=O) groups is 1. The molecule has 60 valence electrons. The third-order valence-corrected chi connectivity index (χ3v) is 1.56. The Labute approximate surface area is 65.8 Å². The Morgan fingerprint density at radius 3 is 3.09 bits per heavy atom. The van der Waals surface area contributed by atoms with Gasteiger partial charge in [-0.1, -0.05) is 13.3 Å². The summed E-state index contributed by atoms with van der Waals surface area (Å²) < 4.78 is 0. The van der Waals surface area contributed by atoms with Crippen LogP contribution in [0.25, 0.3) is 0 Å². The van der Waals surface area contributed by atoms with Gasteiger partial charge in [0, 0.05) is 11.9 Å². The first-order valence-electron chi connectivity index (χ1n) is 3.86. The van der Waals surface area contributed by atoms with Gasteiger partial charge in [0.2, 0.25) is 0 Å². The SMILES string of the molecule is CCCCc1cnc(C=O)[nH]1. The highest BCUT2D eigenvalue weighted by atomic mass is 16.1. The Balaban J connectivity index is 2.51. The van der Waals surface area contributed by atoms with Crippen LogP contribution in [0.1, 0.15) is 36.1 Å². The molecule has 0 spiro atoms. The van der Waals surface area contributed by atoms with Crippen LogP contribution in [0.2, 0.25) is 0 Å². The van der Waals surface area contributed by atoms with Gasteiger partial charge in [0.1, 0.15) is 0 Å². The van der Waals surface area contributed by atoms with Crippen molar-refractivity contribution in [3.05, 3.63) is 17.7 Å². The third kappa shape index (κ3) is 2.18. The molecule has 0 aromatic carbocycles. The molecule has 0 atom stereocenters. The summed E-state index contributed by atoms with van der Waals surface area (Å²) in [5.74, 6) is 0.427. The summed E-state index contributed by atoms with van der Waals surface area (Å²) in [7, 11) is 0. The van der Waals surface area contributed by atoms with Crippen LogP contribution >= 0.6 is 0 Å². The molecular formula is C8H12N2O. The van der Waals surface area contributed by atoms with Crippen molar-refractivity contribution in [3.8, 4) is 0 Å². The molecule has 0 amide bonds. The number of nitrogens with zero attached hydrogens (tertiary/aromatic N) is 1. The highest BCUT2D eigenvalue weighted by Gasteiger charge is 1.96. The molecule has 3 nitrogen and oxygen atoms in total. The summed E-state index contributed by atoms with van der Waals surface area (Å²) in [4.78, 5) is 17.0. The summed E-state index contributed by atoms with van der Waals surface area (Å²) in [6.45, 7) is 2.14. The lowest BCUT2D eigenvalue weighted by molar-refractivity contribution is 0.111. The van der Waals surface area contributed by atoms with Crippen LogP contribution < -0.4 is 0 Å². The molecule has 0 unspecified atom stereocenters. The van der Waals surface area contributed by atoms with Gasteiger partial charge in [0.25, 0.3) is 0 Å². The third-order valence-electron chi connectivity index (χ3n) is 1.56. The predicted octanol–water partition coefficient (Wildman–Crippen LogP) is 1.56. The largest absolute Gasteiger partial charge is 0.340 e. The first kappa shape index (κ1) is 7.98. The van der Waals surface area contributed by atoms with Gasteiger partial charge in [-0.05, 0) is 12.8 Å². The van der Waals surface area contributed by atoms with Crippen LogP contribution in [0, 0.1) is 0 Å². The van der Waals surface area contributed by atoms with E-state index in [1.165, 1.54) is 0 Å². The van der Waals surface area contributed by atoms with Gasteiger partial charge >= 0.3 is 0 Å². The fraction of sp³-hybridized carbons (Fsp3) is 0.500. The summed E-state index contributed by atoms with van der Waals surface area (Å²) >= 11 is 0. The topological polar surface area (TPSA) is 45.8 Å². The zero-order valence-corrected chi connectivity index (χ0v) is 6.63. The van der Waals surface area contributed by atoms with Gasteiger partial charge in [-0.3, -0.25) is 4.79 Å². The van der Waals surface area contributed by atoms with Crippen LogP contribution in [0.3, 0.4) is 0 Å². The quantitative estimate of drug-likeness (QED) is 0.665. The molecule has 0 fully saturated rings. The number of nitrogens with one attached hydrogen (secondary N) is 1. The fourth-order valence-electron chi connectivity index (χ4n) is 0.931. The van der Waals surface area contributed by atoms with Crippen LogP contribution in [0.5, 0.6) is 0 Å². The molecular weight excluding hydrogens is 140 g/mol. The Morgan fingerprint density at radius 1 is 1.73 bits per heavy atom. The zero-order valence-electron chi connectivity index (χ0n) is 6.63. The summed E-state index contributed by atoms with van der Waals surface area (Å²) in [6.07, 6.45) is 5.74. The fourth-order valence-corrected chi connectivity index (χ4v) is 0.931. The normalized spacial score (nSPS) is 9.91. The molecule has 0 saturated carbocycles. The number of imidazole rings is 1. The van der Waals surface area contributed by atoms with E-state index in [9.17, 15) is 4.79 Å². The standard InChI is InChI=1S/C8H12N2O/c1-2-3-4-7-5-9-8(6-11)10-7/h5-6H,2-4H2,1H3,(H,9,10). The van der Waals surface area contributed by atoms with Crippen LogP contribution in [0.15, 0.2) is 6.20 Å². The predicted molar refractivity (Wildman–Crippen MR) is 42.6 cm³/mol. The van der Waals surface area contributed by atoms with E-state index in [0.717, 1.165) is 31.2 Å². The molecule has 0 saturated heterocycles. The molecule has 0 bridgehead atoms. The van der Waals surface area contributed by atoms with Crippen LogP contribution in [0.4, 0.5) is 0 Å². The number of rotatable bonds is 4. The van der Waals surface area contributed by atoms with Crippen LogP contribution in [-0.4, -0.2) is 16.3 Å². The van der Waals surface area contributed by atoms with Crippen molar-refractivity contribution in [1.29, 1.82) is 0 Å². The molecule has 1 rings (SSSR count). The molecule has 11 heavy (non-hydrogen) atoms. The van der Waals surface area contributed by atoms with E-state index in [2.05, 4.69) is 16.9 Å². The number of aromatic amines is 1. The van der Waals surface area contributed by atoms with Crippen molar-refractivity contribution in [3.63, 3.8) is 0 Å². The molecule has 1 aromatic heterocycles. The van der Waals surface area contributed by atoms with Crippen LogP contribution in [-0.2, 0) is 6.42 Å². The van der Waals surface area contributed by atoms with Gasteiger partial charge < -0.3 is 4.98 Å². The van der Waals surface area contributed by atoms with Gasteiger partial charge in [-0.15, -0.1) is 0 Å². The number of aryl methyl sites for hydroxylation is 1. The average Bonchev–Trinajstić information content (AvgIpc) is 2.48. The smallest absolute Gasteiger partial charge is 0.185 e. The van der Waals surface area contributed by atoms with E-state index < -0.39 is 0 Å². The number of H-pyrrole nitrogens is 1. The molecule has 0 aliphatic carbocycles. The second-order valence-electron chi connectivity index (χ2n) is 2.52.